The van der Waals surface area contributed by atoms with Gasteiger partial charge in [-0.3, -0.25) is 9.59 Å². The summed E-state index contributed by atoms with van der Waals surface area (Å²) in [4.78, 5) is 40.0. The Balaban J connectivity index is 1.06. The van der Waals surface area contributed by atoms with Crippen molar-refractivity contribution in [1.29, 1.82) is 0 Å². The van der Waals surface area contributed by atoms with Crippen LogP contribution < -0.4 is 14.7 Å². The highest BCUT2D eigenvalue weighted by Gasteiger charge is 2.33. The number of H-pyrrole nitrogens is 1. The molecule has 1 unspecified atom stereocenters. The highest BCUT2D eigenvalue weighted by molar-refractivity contribution is 7.73. The van der Waals surface area contributed by atoms with Gasteiger partial charge in [-0.2, -0.15) is 4.41 Å². The average molecular weight is 740 g/mol. The number of thiol groups is 1. The number of piperidine rings is 1. The number of ketones is 1. The van der Waals surface area contributed by atoms with Crippen LogP contribution >= 0.6 is 0 Å². The van der Waals surface area contributed by atoms with Crippen molar-refractivity contribution in [3.63, 3.8) is 0 Å². The Morgan fingerprint density at radius 1 is 0.962 bits per heavy atom. The molecule has 0 amide bonds. The van der Waals surface area contributed by atoms with Gasteiger partial charge in [-0.25, -0.2) is 37.0 Å². The fourth-order valence-corrected chi connectivity index (χ4v) is 8.33. The van der Waals surface area contributed by atoms with Crippen LogP contribution in [0.1, 0.15) is 54.9 Å². The van der Waals surface area contributed by atoms with Gasteiger partial charge in [-0.1, -0.05) is 17.3 Å². The van der Waals surface area contributed by atoms with Crippen LogP contribution in [-0.2, 0) is 20.5 Å². The molecular weight excluding hydrogens is 700 g/mol. The minimum Gasteiger partial charge on any atom is -0.372 e. The number of aromatic amines is 1. The van der Waals surface area contributed by atoms with Gasteiger partial charge in [0.05, 0.1) is 18.7 Å². The van der Waals surface area contributed by atoms with Crippen molar-refractivity contribution in [1.82, 2.24) is 25.6 Å². The second kappa shape index (κ2) is 15.2. The van der Waals surface area contributed by atoms with Crippen LogP contribution in [0.5, 0.6) is 0 Å². The van der Waals surface area contributed by atoms with E-state index in [9.17, 15) is 22.4 Å². The third-order valence-electron chi connectivity index (χ3n) is 10.3. The number of benzene rings is 2. The van der Waals surface area contributed by atoms with E-state index >= 15 is 8.78 Å². The summed E-state index contributed by atoms with van der Waals surface area (Å²) in [6, 6.07) is 11.5. The van der Waals surface area contributed by atoms with Gasteiger partial charge in [-0.15, -0.1) is 0 Å². The van der Waals surface area contributed by atoms with E-state index in [1.54, 1.807) is 17.4 Å². The predicted molar refractivity (Wildman–Crippen MR) is 189 cm³/mol. The van der Waals surface area contributed by atoms with Gasteiger partial charge in [0.25, 0.3) is 0 Å². The molecule has 0 spiro atoms. The molecule has 16 heteroatoms. The summed E-state index contributed by atoms with van der Waals surface area (Å²) in [6.07, 6.45) is 5.87. The number of rotatable bonds is 9. The van der Waals surface area contributed by atoms with Crippen molar-refractivity contribution < 1.29 is 36.0 Å². The SMILES string of the molecule is CC(=O)ON1CCC[C@H](C2CCN(c3ccc(-c4cnc5[nH]cc(C(=O)c6c(F)ccc(N(N7CCC(F)C7)[SH](=O)=O)c6F)c5c4)cc3)CC2)CN1. The van der Waals surface area contributed by atoms with Gasteiger partial charge in [-0.05, 0) is 79.8 Å². The van der Waals surface area contributed by atoms with Crippen molar-refractivity contribution in [2.45, 2.75) is 45.2 Å². The zero-order valence-corrected chi connectivity index (χ0v) is 29.5. The van der Waals surface area contributed by atoms with Gasteiger partial charge in [0.1, 0.15) is 23.3 Å². The number of nitrogens with zero attached hydrogens (tertiary/aromatic N) is 5. The predicted octanol–water partition coefficient (Wildman–Crippen LogP) is 4.94. The van der Waals surface area contributed by atoms with E-state index in [2.05, 4.69) is 20.3 Å². The molecule has 3 aliphatic heterocycles. The smallest absolute Gasteiger partial charge is 0.323 e. The summed E-state index contributed by atoms with van der Waals surface area (Å²) in [5.41, 5.74) is 4.68. The normalized spacial score (nSPS) is 20.8. The zero-order chi connectivity index (χ0) is 36.5. The van der Waals surface area contributed by atoms with Crippen LogP contribution in [-0.4, -0.2) is 85.8 Å². The number of hydrazine groups is 2. The number of nitrogens with one attached hydrogen (secondary N) is 2. The fraction of sp³-hybridized carbons (Fsp3) is 0.417. The van der Waals surface area contributed by atoms with E-state index in [0.29, 0.717) is 39.4 Å². The summed E-state index contributed by atoms with van der Waals surface area (Å²) in [7, 11) is -3.46. The molecule has 5 heterocycles. The number of pyridine rings is 1. The van der Waals surface area contributed by atoms with E-state index in [1.165, 1.54) is 13.1 Å². The third-order valence-corrected chi connectivity index (χ3v) is 11.1. The maximum atomic E-state index is 15.9. The molecule has 3 saturated heterocycles. The van der Waals surface area contributed by atoms with Crippen LogP contribution in [0.15, 0.2) is 54.9 Å². The molecule has 2 aromatic heterocycles. The van der Waals surface area contributed by atoms with E-state index in [0.717, 1.165) is 73.7 Å². The van der Waals surface area contributed by atoms with E-state index < -0.39 is 45.7 Å². The standard InChI is InChI=1S/C36H40F3N7O5S/c1-22(47)51-45-13-2-3-25(19-42-45)24-10-14-43(15-11-24)28-6-4-23(5-7-28)26-17-29-30(20-41-36(29)40-18-26)35(48)33-31(38)8-9-32(34(33)39)46(52(49)50)44-16-12-27(37)21-44/h4-9,17-18,20,24-25,27,42,52H,2-3,10-16,19,21H2,1H3,(H,40,41)/t25-,27?/m0/s1. The van der Waals surface area contributed by atoms with Crippen LogP contribution in [0.25, 0.3) is 22.2 Å². The van der Waals surface area contributed by atoms with Gasteiger partial charge in [0, 0.05) is 67.7 Å². The molecule has 4 aromatic rings. The lowest BCUT2D eigenvalue weighted by atomic mass is 9.81. The lowest BCUT2D eigenvalue weighted by Gasteiger charge is -2.37. The number of carbonyl (C=O) groups is 2. The molecule has 7 rings (SSSR count). The number of fused-ring (bicyclic) bond motifs is 1. The maximum Gasteiger partial charge on any atom is 0.323 e. The molecule has 2 aromatic carbocycles. The quantitative estimate of drug-likeness (QED) is 0.160. The Hall–Kier alpha value is -4.51. The van der Waals surface area contributed by atoms with Crippen LogP contribution in [0.3, 0.4) is 0 Å². The van der Waals surface area contributed by atoms with Gasteiger partial charge >= 0.3 is 5.97 Å². The fourth-order valence-electron chi connectivity index (χ4n) is 7.63. The average Bonchev–Trinajstić information content (AvgIpc) is 3.68. The number of aromatic nitrogens is 2. The maximum absolute atomic E-state index is 15.9. The van der Waals surface area contributed by atoms with Gasteiger partial charge in [0.15, 0.2) is 5.82 Å². The molecule has 0 saturated carbocycles. The Morgan fingerprint density at radius 3 is 2.42 bits per heavy atom. The number of alkyl halides is 1. The second-order valence-electron chi connectivity index (χ2n) is 13.6. The van der Waals surface area contributed by atoms with Crippen molar-refractivity contribution in [2.24, 2.45) is 11.8 Å². The lowest BCUT2D eigenvalue weighted by molar-refractivity contribution is -0.203. The highest BCUT2D eigenvalue weighted by atomic mass is 32.2. The monoisotopic (exact) mass is 739 g/mol. The van der Waals surface area contributed by atoms with Crippen LogP contribution in [0.2, 0.25) is 0 Å². The molecule has 3 aliphatic rings. The lowest BCUT2D eigenvalue weighted by Crippen LogP contribution is -2.42. The Morgan fingerprint density at radius 2 is 1.73 bits per heavy atom. The molecule has 2 atom stereocenters. The first-order valence-electron chi connectivity index (χ1n) is 17.5. The number of hydrogen-bond donors (Lipinski definition) is 3. The second-order valence-corrected chi connectivity index (χ2v) is 14.4. The van der Waals surface area contributed by atoms with Crippen molar-refractivity contribution in [3.05, 3.63) is 77.6 Å². The van der Waals surface area contributed by atoms with Crippen LogP contribution in [0, 0.1) is 23.5 Å². The van der Waals surface area contributed by atoms with Crippen LogP contribution in [0.4, 0.5) is 24.5 Å². The Labute approximate surface area is 300 Å². The first-order chi connectivity index (χ1) is 25.1. The molecule has 52 heavy (non-hydrogen) atoms. The molecule has 3 fully saturated rings. The molecule has 0 radical (unpaired) electrons. The first-order valence-corrected chi connectivity index (χ1v) is 18.6. The number of carbonyl (C=O) groups excluding carboxylic acids is 2. The molecule has 276 valence electrons. The largest absolute Gasteiger partial charge is 0.372 e. The minimum absolute atomic E-state index is 0.0135. The molecule has 0 aliphatic carbocycles. The summed E-state index contributed by atoms with van der Waals surface area (Å²) in [5, 5.41) is 3.01. The van der Waals surface area contributed by atoms with E-state index in [4.69, 9.17) is 4.84 Å². The van der Waals surface area contributed by atoms with Gasteiger partial charge < -0.3 is 14.7 Å². The number of halogens is 3. The summed E-state index contributed by atoms with van der Waals surface area (Å²) in [5.74, 6) is -2.76. The highest BCUT2D eigenvalue weighted by Crippen LogP contribution is 2.34. The molecule has 2 N–H and O–H groups in total. The minimum atomic E-state index is -3.46. The third kappa shape index (κ3) is 7.38. The van der Waals surface area contributed by atoms with E-state index in [-0.39, 0.29) is 31.0 Å². The Kier molecular flexibility index (Phi) is 10.5. The number of anilines is 2. The summed E-state index contributed by atoms with van der Waals surface area (Å²) < 4.78 is 69.8. The Bertz CT molecular complexity index is 2030. The summed E-state index contributed by atoms with van der Waals surface area (Å²) in [6.45, 7) is 4.42. The van der Waals surface area contributed by atoms with Crippen molar-refractivity contribution in [2.75, 3.05) is 48.6 Å². The first kappa shape index (κ1) is 35.9. The number of hydrogen-bond acceptors (Lipinski definition) is 10. The van der Waals surface area contributed by atoms with Crippen molar-refractivity contribution in [3.8, 4) is 11.1 Å². The number of hydroxylamine groups is 1. The van der Waals surface area contributed by atoms with Crippen molar-refractivity contribution >= 4 is 45.1 Å². The zero-order valence-electron chi connectivity index (χ0n) is 28.6. The molecule has 12 nitrogen and oxygen atoms in total. The topological polar surface area (TPSA) is 131 Å². The summed E-state index contributed by atoms with van der Waals surface area (Å²) >= 11 is 0. The molecular formula is C36H40F3N7O5S. The van der Waals surface area contributed by atoms with E-state index in [1.807, 2.05) is 24.3 Å². The van der Waals surface area contributed by atoms with Gasteiger partial charge in [0.2, 0.25) is 16.7 Å². The molecule has 0 bridgehead atoms.